The van der Waals surface area contributed by atoms with Crippen LogP contribution in [0.15, 0.2) is 0 Å². The molecule has 0 aliphatic rings. The molecule has 0 fully saturated rings. The first-order valence-electron chi connectivity index (χ1n) is 39.7. The van der Waals surface area contributed by atoms with E-state index in [0.717, 1.165) is 95.8 Å². The van der Waals surface area contributed by atoms with Crippen molar-refractivity contribution in [3.8, 4) is 0 Å². The predicted molar refractivity (Wildman–Crippen MR) is 386 cm³/mol. The molecule has 0 bridgehead atoms. The molecule has 0 saturated carbocycles. The van der Waals surface area contributed by atoms with Crippen LogP contribution in [0.5, 0.6) is 0 Å². The minimum Gasteiger partial charge on any atom is -0.462 e. The maximum absolute atomic E-state index is 13.1. The van der Waals surface area contributed by atoms with Crippen LogP contribution in [0.1, 0.15) is 401 Å². The van der Waals surface area contributed by atoms with E-state index in [4.69, 9.17) is 37.0 Å². The Bertz CT molecular complexity index is 1820. The van der Waals surface area contributed by atoms with Gasteiger partial charge in [0.05, 0.1) is 26.4 Å². The van der Waals surface area contributed by atoms with Crippen LogP contribution in [0.4, 0.5) is 0 Å². The highest BCUT2D eigenvalue weighted by Gasteiger charge is 2.30. The van der Waals surface area contributed by atoms with Gasteiger partial charge in [-0.1, -0.05) is 349 Å². The Morgan fingerprint density at radius 1 is 0.295 bits per heavy atom. The van der Waals surface area contributed by atoms with Crippen LogP contribution in [0.3, 0.4) is 0 Å². The first kappa shape index (κ1) is 93.1. The predicted octanol–water partition coefficient (Wildman–Crippen LogP) is 22.5. The van der Waals surface area contributed by atoms with Gasteiger partial charge in [-0.15, -0.1) is 0 Å². The molecule has 0 aromatic carbocycles. The van der Waals surface area contributed by atoms with Gasteiger partial charge in [0.2, 0.25) is 0 Å². The Kier molecular flexibility index (Phi) is 67.7. The second kappa shape index (κ2) is 69.2. The summed E-state index contributed by atoms with van der Waals surface area (Å²) in [5.74, 6) is -1.40. The highest BCUT2D eigenvalue weighted by atomic mass is 31.2. The molecule has 6 atom stereocenters. The molecule has 95 heavy (non-hydrogen) atoms. The number of unbranched alkanes of at least 4 members (excludes halogenated alkanes) is 47. The molecular formula is C76H148O17P2. The van der Waals surface area contributed by atoms with Crippen molar-refractivity contribution in [2.24, 2.45) is 5.92 Å². The summed E-state index contributed by atoms with van der Waals surface area (Å²) in [6.45, 7) is 7.22. The molecule has 0 saturated heterocycles. The van der Waals surface area contributed by atoms with Crippen LogP contribution >= 0.6 is 15.6 Å². The van der Waals surface area contributed by atoms with Crippen molar-refractivity contribution in [3.05, 3.63) is 0 Å². The molecule has 0 spiro atoms. The molecule has 0 radical (unpaired) electrons. The van der Waals surface area contributed by atoms with E-state index in [-0.39, 0.29) is 25.7 Å². The van der Waals surface area contributed by atoms with Gasteiger partial charge in [0.25, 0.3) is 0 Å². The molecule has 19 heteroatoms. The lowest BCUT2D eigenvalue weighted by molar-refractivity contribution is -0.161. The molecular weight excluding hydrogens is 1250 g/mol. The van der Waals surface area contributed by atoms with Crippen molar-refractivity contribution in [3.63, 3.8) is 0 Å². The van der Waals surface area contributed by atoms with E-state index in [9.17, 15) is 43.2 Å². The first-order chi connectivity index (χ1) is 46.1. The van der Waals surface area contributed by atoms with Gasteiger partial charge >= 0.3 is 39.5 Å². The van der Waals surface area contributed by atoms with Crippen LogP contribution in [-0.2, 0) is 65.4 Å². The Morgan fingerprint density at radius 3 is 0.747 bits per heavy atom. The smallest absolute Gasteiger partial charge is 0.462 e. The molecule has 0 amide bonds. The van der Waals surface area contributed by atoms with Crippen molar-refractivity contribution in [1.82, 2.24) is 0 Å². The molecule has 0 rings (SSSR count). The quantitative estimate of drug-likeness (QED) is 0.0222. The topological polar surface area (TPSA) is 237 Å². The van der Waals surface area contributed by atoms with Gasteiger partial charge in [-0.05, 0) is 31.6 Å². The summed E-state index contributed by atoms with van der Waals surface area (Å²) in [7, 11) is -9.91. The van der Waals surface area contributed by atoms with Gasteiger partial charge < -0.3 is 33.8 Å². The van der Waals surface area contributed by atoms with Crippen molar-refractivity contribution in [2.45, 2.75) is 419 Å². The summed E-state index contributed by atoms with van der Waals surface area (Å²) in [4.78, 5) is 72.7. The second-order valence-electron chi connectivity index (χ2n) is 27.6. The van der Waals surface area contributed by atoms with Crippen molar-refractivity contribution in [1.29, 1.82) is 0 Å². The normalized spacial score (nSPS) is 14.2. The summed E-state index contributed by atoms with van der Waals surface area (Å²) >= 11 is 0. The van der Waals surface area contributed by atoms with Crippen molar-refractivity contribution < 1.29 is 80.2 Å². The third-order valence-corrected chi connectivity index (χ3v) is 20.0. The molecule has 564 valence electrons. The molecule has 0 aliphatic heterocycles. The minimum absolute atomic E-state index is 0.103. The third-order valence-electron chi connectivity index (χ3n) is 18.1. The average Bonchev–Trinajstić information content (AvgIpc) is 1.74. The number of aliphatic hydroxyl groups is 1. The summed E-state index contributed by atoms with van der Waals surface area (Å²) in [6.07, 6.45) is 58.5. The number of rotatable bonds is 76. The van der Waals surface area contributed by atoms with Crippen LogP contribution in [0, 0.1) is 5.92 Å². The van der Waals surface area contributed by atoms with Gasteiger partial charge in [0.15, 0.2) is 12.2 Å². The Hall–Kier alpha value is -1.94. The fourth-order valence-corrected chi connectivity index (χ4v) is 13.3. The molecule has 0 aromatic heterocycles. The number of phosphoric ester groups is 2. The maximum Gasteiger partial charge on any atom is 0.472 e. The second-order valence-corrected chi connectivity index (χ2v) is 30.5. The largest absolute Gasteiger partial charge is 0.472 e. The van der Waals surface area contributed by atoms with Gasteiger partial charge in [-0.2, -0.15) is 0 Å². The zero-order valence-electron chi connectivity index (χ0n) is 61.8. The van der Waals surface area contributed by atoms with Crippen LogP contribution < -0.4 is 0 Å². The summed E-state index contributed by atoms with van der Waals surface area (Å²) in [6, 6.07) is 0. The number of phosphoric acid groups is 2. The highest BCUT2D eigenvalue weighted by molar-refractivity contribution is 7.47. The van der Waals surface area contributed by atoms with Crippen molar-refractivity contribution >= 4 is 39.5 Å². The van der Waals surface area contributed by atoms with Crippen molar-refractivity contribution in [2.75, 3.05) is 39.6 Å². The van der Waals surface area contributed by atoms with E-state index in [1.807, 2.05) is 0 Å². The van der Waals surface area contributed by atoms with E-state index in [1.165, 1.54) is 225 Å². The zero-order valence-corrected chi connectivity index (χ0v) is 63.6. The van der Waals surface area contributed by atoms with Gasteiger partial charge in [-0.3, -0.25) is 37.3 Å². The lowest BCUT2D eigenvalue weighted by atomic mass is 10.00. The number of ether oxygens (including phenoxy) is 4. The van der Waals surface area contributed by atoms with Crippen LogP contribution in [0.25, 0.3) is 0 Å². The Balaban J connectivity index is 5.18. The van der Waals surface area contributed by atoms with E-state index in [2.05, 4.69) is 34.6 Å². The summed E-state index contributed by atoms with van der Waals surface area (Å²) in [5.41, 5.74) is 0. The fourth-order valence-electron chi connectivity index (χ4n) is 11.7. The molecule has 3 unspecified atom stereocenters. The number of hydrogen-bond donors (Lipinski definition) is 3. The van der Waals surface area contributed by atoms with Gasteiger partial charge in [-0.25, -0.2) is 9.13 Å². The summed E-state index contributed by atoms with van der Waals surface area (Å²) < 4.78 is 68.4. The number of hydrogen-bond acceptors (Lipinski definition) is 15. The summed E-state index contributed by atoms with van der Waals surface area (Å²) in [5, 5.41) is 10.6. The highest BCUT2D eigenvalue weighted by Crippen LogP contribution is 2.45. The molecule has 17 nitrogen and oxygen atoms in total. The maximum atomic E-state index is 13.1. The van der Waals surface area contributed by atoms with E-state index >= 15 is 0 Å². The number of carbonyl (C=O) groups is 4. The average molecular weight is 1400 g/mol. The zero-order chi connectivity index (χ0) is 69.8. The number of aliphatic hydroxyl groups excluding tert-OH is 1. The molecule has 0 aromatic rings. The standard InChI is InChI=1S/C76H148O17P2/c1-6-10-13-16-19-22-24-26-28-29-30-31-32-33-35-37-39-42-45-51-56-61-75(80)92-71(65-87-74(79)60-55-50-44-41-38-36-34-27-25-23-20-17-14-11-7-2)67-90-94(82,83)88-63-70(77)64-89-95(84,85)91-68-72(66-86-73(78)59-54-49-43-40-21-18-15-12-8-3)93-76(81)62-57-52-47-46-48-53-58-69(5)9-4/h69-72,77H,6-68H2,1-5H3,(H,82,83)(H,84,85)/t69?,70-,71-,72-/m1/s1. The minimum atomic E-state index is -4.96. The Morgan fingerprint density at radius 2 is 0.505 bits per heavy atom. The van der Waals surface area contributed by atoms with E-state index in [1.54, 1.807) is 0 Å². The Labute approximate surface area is 581 Å². The molecule has 0 heterocycles. The first-order valence-corrected chi connectivity index (χ1v) is 42.7. The molecule has 0 aliphatic carbocycles. The van der Waals surface area contributed by atoms with Crippen LogP contribution in [-0.4, -0.2) is 96.7 Å². The monoisotopic (exact) mass is 1400 g/mol. The fraction of sp³-hybridized carbons (Fsp3) is 0.947. The van der Waals surface area contributed by atoms with Crippen LogP contribution in [0.2, 0.25) is 0 Å². The van der Waals surface area contributed by atoms with E-state index < -0.39 is 97.5 Å². The lowest BCUT2D eigenvalue weighted by Crippen LogP contribution is -2.30. The number of carbonyl (C=O) groups excluding carboxylic acids is 4. The molecule has 3 N–H and O–H groups in total. The SMILES string of the molecule is CCCCCCCCCCCCCCCCCCCCCCCC(=O)O[C@H](COC(=O)CCCCCCCCCCCCCCCCC)COP(=O)(O)OC[C@@H](O)COP(=O)(O)OC[C@@H](COC(=O)CCCCCCCCCCC)OC(=O)CCCCCCCCC(C)CC. The lowest BCUT2D eigenvalue weighted by Gasteiger charge is -2.21. The van der Waals surface area contributed by atoms with E-state index in [0.29, 0.717) is 25.7 Å². The third kappa shape index (κ3) is 69.0. The van der Waals surface area contributed by atoms with Gasteiger partial charge in [0, 0.05) is 25.7 Å². The van der Waals surface area contributed by atoms with Gasteiger partial charge in [0.1, 0.15) is 19.3 Å². The number of esters is 4.